The number of nitrogens with two attached hydrogens (primary N) is 3. The predicted octanol–water partition coefficient (Wildman–Crippen LogP) is 3.38. The van der Waals surface area contributed by atoms with Gasteiger partial charge in [-0.2, -0.15) is 5.26 Å². The number of halogens is 2. The van der Waals surface area contributed by atoms with Gasteiger partial charge in [-0.25, -0.2) is 18.7 Å². The van der Waals surface area contributed by atoms with Gasteiger partial charge < -0.3 is 52.8 Å². The molecule has 368 valence electrons. The molecule has 20 heteroatoms. The molecule has 4 aromatic rings. The first-order chi connectivity index (χ1) is 33.2. The molecule has 2 heterocycles. The first-order valence-corrected chi connectivity index (χ1v) is 22.9. The molecule has 5 amide bonds. The number of nitrogens with zero attached hydrogens (tertiary/aromatic N) is 4. The number of fused-ring (bicyclic) bond motifs is 5. The van der Waals surface area contributed by atoms with Crippen LogP contribution in [-0.4, -0.2) is 109 Å². The number of unbranched alkanes of at least 4 members (excludes halogenated alkanes) is 3. The highest BCUT2D eigenvalue weighted by molar-refractivity contribution is 6.00. The summed E-state index contributed by atoms with van der Waals surface area (Å²) in [5.74, 6) is -2.75. The van der Waals surface area contributed by atoms with Crippen molar-refractivity contribution in [2.45, 2.75) is 89.4 Å². The summed E-state index contributed by atoms with van der Waals surface area (Å²) in [7, 11) is 1.32. The smallest absolute Gasteiger partial charge is 0.264 e. The largest absolute Gasteiger partial charge is 0.492 e. The van der Waals surface area contributed by atoms with Gasteiger partial charge >= 0.3 is 0 Å². The molecule has 3 aromatic carbocycles. The normalized spacial score (nSPS) is 16.3. The Balaban J connectivity index is 1.54. The monoisotopic (exact) mass is 953 g/mol. The Labute approximate surface area is 400 Å². The summed E-state index contributed by atoms with van der Waals surface area (Å²) in [4.78, 5) is 80.1. The molecule has 1 aliphatic rings. The van der Waals surface area contributed by atoms with Crippen LogP contribution in [0.3, 0.4) is 0 Å². The van der Waals surface area contributed by atoms with Crippen molar-refractivity contribution in [3.8, 4) is 39.8 Å². The van der Waals surface area contributed by atoms with E-state index in [0.29, 0.717) is 51.6 Å². The minimum Gasteiger partial charge on any atom is -0.492 e. The minimum atomic E-state index is -3.08. The third kappa shape index (κ3) is 14.0. The number of ether oxygens (including phenoxy) is 2. The molecule has 4 bridgehead atoms. The summed E-state index contributed by atoms with van der Waals surface area (Å²) in [5.41, 5.74) is 19.1. The highest BCUT2D eigenvalue weighted by Crippen LogP contribution is 2.40. The van der Waals surface area contributed by atoms with Crippen LogP contribution < -0.4 is 47.9 Å². The summed E-state index contributed by atoms with van der Waals surface area (Å²) < 4.78 is 41.6. The molecule has 5 rings (SSSR count). The van der Waals surface area contributed by atoms with E-state index in [2.05, 4.69) is 38.2 Å². The number of rotatable bonds is 21. The fourth-order valence-corrected chi connectivity index (χ4v) is 7.84. The van der Waals surface area contributed by atoms with Crippen LogP contribution in [0.25, 0.3) is 22.3 Å². The first-order valence-electron chi connectivity index (χ1n) is 22.9. The summed E-state index contributed by atoms with van der Waals surface area (Å²) in [6.45, 7) is 3.56. The third-order valence-electron chi connectivity index (χ3n) is 11.4. The molecule has 0 unspecified atom stereocenters. The van der Waals surface area contributed by atoms with Gasteiger partial charge in [0.15, 0.2) is 0 Å². The van der Waals surface area contributed by atoms with Gasteiger partial charge in [-0.05, 0) is 79.4 Å². The molecular weight excluding hydrogens is 893 g/mol. The van der Waals surface area contributed by atoms with Crippen LogP contribution in [0.4, 0.5) is 8.78 Å². The molecule has 1 aliphatic heterocycles. The van der Waals surface area contributed by atoms with E-state index in [-0.39, 0.29) is 63.4 Å². The summed E-state index contributed by atoms with van der Waals surface area (Å²) >= 11 is 0. The zero-order valence-corrected chi connectivity index (χ0v) is 39.1. The Kier molecular flexibility index (Phi) is 19.8. The standard InChI is InChI=1S/C49H61F2N11O7/c1-4-5-6-7-8-42-57-27-33(28-58-42)31-10-12-34(37(25-31)44(50)51)46(64)60-38(15-16-52)49(67)62(3)43-32-11-14-41(69-22-19-55)36(26-32)35-23-30(9-13-40(35)68-21-18-54)24-39(47(65)56-20-17-53)61-45(63)29(2)59-48(43)66/h9-14,23,25-29,38-39,43-44H,4-8,15-16,18-22,24,52,54-55H2,1-3H3,(H,56,65)(H,59,66)(H,60,64)(H,61,63)/t29-,38-,39-,43-/m0/s1. The summed E-state index contributed by atoms with van der Waals surface area (Å²) in [6, 6.07) is 10.2. The van der Waals surface area contributed by atoms with E-state index < -0.39 is 65.7 Å². The first kappa shape index (κ1) is 52.9. The predicted molar refractivity (Wildman–Crippen MR) is 254 cm³/mol. The number of alkyl halides is 2. The quantitative estimate of drug-likeness (QED) is 0.0467. The van der Waals surface area contributed by atoms with Gasteiger partial charge in [0, 0.05) is 73.2 Å². The van der Waals surface area contributed by atoms with E-state index in [9.17, 15) is 32.8 Å². The van der Waals surface area contributed by atoms with Gasteiger partial charge in [-0.15, -0.1) is 0 Å². The van der Waals surface area contributed by atoms with Crippen molar-refractivity contribution in [3.05, 3.63) is 95.1 Å². The Hall–Kier alpha value is -7.08. The van der Waals surface area contributed by atoms with Crippen LogP contribution in [0.5, 0.6) is 11.5 Å². The van der Waals surface area contributed by atoms with Gasteiger partial charge in [-0.3, -0.25) is 24.0 Å². The lowest BCUT2D eigenvalue weighted by Crippen LogP contribution is -2.56. The summed E-state index contributed by atoms with van der Waals surface area (Å²) in [6.07, 6.45) is 4.68. The lowest BCUT2D eigenvalue weighted by atomic mass is 9.93. The second-order valence-electron chi connectivity index (χ2n) is 16.5. The maximum atomic E-state index is 14.7. The van der Waals surface area contributed by atoms with E-state index in [4.69, 9.17) is 31.9 Å². The van der Waals surface area contributed by atoms with Crippen LogP contribution in [0.1, 0.15) is 91.3 Å². The van der Waals surface area contributed by atoms with E-state index in [1.54, 1.807) is 48.8 Å². The molecule has 69 heavy (non-hydrogen) atoms. The van der Waals surface area contributed by atoms with Crippen LogP contribution in [0.2, 0.25) is 0 Å². The summed E-state index contributed by atoms with van der Waals surface area (Å²) in [5, 5.41) is 19.5. The lowest BCUT2D eigenvalue weighted by Gasteiger charge is -2.32. The number of amides is 5. The average Bonchev–Trinajstić information content (AvgIpc) is 3.35. The van der Waals surface area contributed by atoms with Crippen LogP contribution in [0, 0.1) is 11.3 Å². The highest BCUT2D eigenvalue weighted by Gasteiger charge is 2.36. The molecule has 10 N–H and O–H groups in total. The molecule has 0 radical (unpaired) electrons. The molecule has 1 aromatic heterocycles. The fraction of sp³-hybridized carbons (Fsp3) is 0.429. The van der Waals surface area contributed by atoms with Crippen LogP contribution in [-0.2, 0) is 32.0 Å². The van der Waals surface area contributed by atoms with Crippen molar-refractivity contribution in [3.63, 3.8) is 0 Å². The number of carbonyl (C=O) groups is 5. The SMILES string of the molecule is CCCCCCc1ncc(-c2ccc(C(=O)N[C@@H](CCN)C(=O)N(C)[C@@H]3C(=O)N[C@@H](C)C(=O)N[C@H](C(=O)NCC#N)Cc4ccc(OCCN)c(c4)-c4cc3ccc4OCCN)c(C(F)F)c2)cn1. The number of aromatic nitrogens is 2. The van der Waals surface area contributed by atoms with Crippen molar-refractivity contribution >= 4 is 29.5 Å². The third-order valence-corrected chi connectivity index (χ3v) is 11.4. The maximum absolute atomic E-state index is 14.7. The Morgan fingerprint density at radius 2 is 1.57 bits per heavy atom. The minimum absolute atomic E-state index is 0.0361. The van der Waals surface area contributed by atoms with Gasteiger partial charge in [0.1, 0.15) is 61.2 Å². The van der Waals surface area contributed by atoms with E-state index in [0.717, 1.165) is 30.6 Å². The molecule has 0 saturated carbocycles. The van der Waals surface area contributed by atoms with Crippen molar-refractivity contribution in [1.29, 1.82) is 5.26 Å². The van der Waals surface area contributed by atoms with Crippen molar-refractivity contribution in [2.75, 3.05) is 46.4 Å². The molecule has 18 nitrogen and oxygen atoms in total. The number of nitriles is 1. The van der Waals surface area contributed by atoms with Gasteiger partial charge in [0.05, 0.1) is 6.07 Å². The highest BCUT2D eigenvalue weighted by atomic mass is 19.3. The Morgan fingerprint density at radius 3 is 2.20 bits per heavy atom. The van der Waals surface area contributed by atoms with E-state index in [1.165, 1.54) is 32.2 Å². The number of hydrogen-bond acceptors (Lipinski definition) is 13. The zero-order valence-electron chi connectivity index (χ0n) is 39.1. The molecule has 4 atom stereocenters. The number of likely N-dealkylation sites (N-methyl/N-ethyl adjacent to an activating group) is 1. The van der Waals surface area contributed by atoms with Gasteiger partial charge in [0.25, 0.3) is 12.3 Å². The van der Waals surface area contributed by atoms with E-state index >= 15 is 0 Å². The van der Waals surface area contributed by atoms with Gasteiger partial charge in [0.2, 0.25) is 23.6 Å². The number of benzene rings is 3. The second-order valence-corrected chi connectivity index (χ2v) is 16.5. The van der Waals surface area contributed by atoms with Crippen molar-refractivity contribution in [1.82, 2.24) is 36.1 Å². The van der Waals surface area contributed by atoms with Gasteiger partial charge in [-0.1, -0.05) is 44.4 Å². The number of carbonyl (C=O) groups excluding carboxylic acids is 5. The lowest BCUT2D eigenvalue weighted by molar-refractivity contribution is -0.141. The number of aryl methyl sites for hydroxylation is 1. The molecular formula is C49H61F2N11O7. The van der Waals surface area contributed by atoms with Crippen LogP contribution in [0.15, 0.2) is 67.0 Å². The molecule has 0 aliphatic carbocycles. The van der Waals surface area contributed by atoms with Crippen LogP contribution >= 0.6 is 0 Å². The fourth-order valence-electron chi connectivity index (χ4n) is 7.84. The number of hydrogen-bond donors (Lipinski definition) is 7. The average molecular weight is 954 g/mol. The zero-order chi connectivity index (χ0) is 50.0. The van der Waals surface area contributed by atoms with Crippen molar-refractivity contribution in [2.24, 2.45) is 17.2 Å². The van der Waals surface area contributed by atoms with E-state index in [1.807, 2.05) is 6.07 Å². The topological polar surface area (TPSA) is 283 Å². The molecule has 0 spiro atoms. The second kappa shape index (κ2) is 25.9. The number of nitrogens with one attached hydrogen (secondary N) is 4. The molecule has 0 fully saturated rings. The maximum Gasteiger partial charge on any atom is 0.264 e. The Morgan fingerprint density at radius 1 is 0.884 bits per heavy atom. The Bertz CT molecular complexity index is 2470. The van der Waals surface area contributed by atoms with Crippen molar-refractivity contribution < 1.29 is 42.2 Å². The molecule has 0 saturated heterocycles.